The molecule has 0 saturated carbocycles. The lowest BCUT2D eigenvalue weighted by molar-refractivity contribution is -0.112. The zero-order valence-electron chi connectivity index (χ0n) is 15.3. The average Bonchev–Trinajstić information content (AvgIpc) is 2.65. The SMILES string of the molecule is CCOc1ccccc1N/C=C(/C#N)C(=O)Nc1c(C)cccc1CC. The topological polar surface area (TPSA) is 74.1 Å². The number of aryl methyl sites for hydroxylation is 2. The Morgan fingerprint density at radius 3 is 2.65 bits per heavy atom. The number of hydrogen-bond donors (Lipinski definition) is 2. The van der Waals surface area contributed by atoms with Crippen LogP contribution in [-0.2, 0) is 11.2 Å². The second-order valence-electron chi connectivity index (χ2n) is 5.66. The summed E-state index contributed by atoms with van der Waals surface area (Å²) in [5.41, 5.74) is 3.44. The van der Waals surface area contributed by atoms with E-state index in [0.29, 0.717) is 18.0 Å². The van der Waals surface area contributed by atoms with Crippen LogP contribution in [0.15, 0.2) is 54.2 Å². The molecule has 0 heterocycles. The van der Waals surface area contributed by atoms with Crippen molar-refractivity contribution in [1.29, 1.82) is 5.26 Å². The highest BCUT2D eigenvalue weighted by Crippen LogP contribution is 2.24. The summed E-state index contributed by atoms with van der Waals surface area (Å²) in [6, 6.07) is 15.2. The number of nitrogens with one attached hydrogen (secondary N) is 2. The molecule has 5 heteroatoms. The molecular weight excluding hydrogens is 326 g/mol. The number of rotatable bonds is 7. The predicted molar refractivity (Wildman–Crippen MR) is 104 cm³/mol. The van der Waals surface area contributed by atoms with E-state index in [9.17, 15) is 10.1 Å². The number of carbonyl (C=O) groups is 1. The minimum Gasteiger partial charge on any atom is -0.492 e. The number of carbonyl (C=O) groups excluding carboxylic acids is 1. The molecule has 0 spiro atoms. The van der Waals surface area contributed by atoms with Gasteiger partial charge in [0.05, 0.1) is 12.3 Å². The van der Waals surface area contributed by atoms with Crippen molar-refractivity contribution in [2.24, 2.45) is 0 Å². The van der Waals surface area contributed by atoms with Crippen LogP contribution in [0.1, 0.15) is 25.0 Å². The minimum atomic E-state index is -0.446. The molecule has 0 aromatic heterocycles. The predicted octanol–water partition coefficient (Wildman–Crippen LogP) is 4.41. The van der Waals surface area contributed by atoms with Gasteiger partial charge in [-0.2, -0.15) is 5.26 Å². The van der Waals surface area contributed by atoms with E-state index in [0.717, 1.165) is 23.2 Å². The molecule has 0 fully saturated rings. The van der Waals surface area contributed by atoms with Crippen molar-refractivity contribution in [1.82, 2.24) is 0 Å². The molecule has 0 bridgehead atoms. The molecule has 134 valence electrons. The van der Waals surface area contributed by atoms with Crippen molar-refractivity contribution in [2.45, 2.75) is 27.2 Å². The molecular formula is C21H23N3O2. The summed E-state index contributed by atoms with van der Waals surface area (Å²) in [5, 5.41) is 15.2. The van der Waals surface area contributed by atoms with Crippen LogP contribution in [0.4, 0.5) is 11.4 Å². The van der Waals surface area contributed by atoms with Gasteiger partial charge in [-0.3, -0.25) is 4.79 Å². The number of hydrogen-bond acceptors (Lipinski definition) is 4. The van der Waals surface area contributed by atoms with Gasteiger partial charge in [0, 0.05) is 11.9 Å². The largest absolute Gasteiger partial charge is 0.492 e. The second-order valence-corrected chi connectivity index (χ2v) is 5.66. The number of amides is 1. The minimum absolute atomic E-state index is 0.0124. The Hall–Kier alpha value is -3.26. The number of para-hydroxylation sites is 3. The Balaban J connectivity index is 2.20. The molecule has 2 aromatic rings. The third-order valence-corrected chi connectivity index (χ3v) is 3.90. The van der Waals surface area contributed by atoms with Crippen LogP contribution in [0, 0.1) is 18.3 Å². The first-order chi connectivity index (χ1) is 12.6. The van der Waals surface area contributed by atoms with Gasteiger partial charge >= 0.3 is 0 Å². The quantitative estimate of drug-likeness (QED) is 0.573. The zero-order valence-corrected chi connectivity index (χ0v) is 15.3. The average molecular weight is 349 g/mol. The van der Waals surface area contributed by atoms with Crippen LogP contribution in [-0.4, -0.2) is 12.5 Å². The maximum absolute atomic E-state index is 12.5. The molecule has 5 nitrogen and oxygen atoms in total. The monoisotopic (exact) mass is 349 g/mol. The lowest BCUT2D eigenvalue weighted by Gasteiger charge is -2.13. The molecule has 2 aromatic carbocycles. The maximum Gasteiger partial charge on any atom is 0.267 e. The summed E-state index contributed by atoms with van der Waals surface area (Å²) in [6.07, 6.45) is 2.19. The van der Waals surface area contributed by atoms with Crippen molar-refractivity contribution in [2.75, 3.05) is 17.2 Å². The van der Waals surface area contributed by atoms with Crippen LogP contribution in [0.2, 0.25) is 0 Å². The van der Waals surface area contributed by atoms with Crippen molar-refractivity contribution in [3.05, 3.63) is 65.4 Å². The fourth-order valence-corrected chi connectivity index (χ4v) is 2.55. The highest BCUT2D eigenvalue weighted by atomic mass is 16.5. The second kappa shape index (κ2) is 9.28. The summed E-state index contributed by atoms with van der Waals surface area (Å²) < 4.78 is 5.53. The standard InChI is InChI=1S/C21H23N3O2/c1-4-16-10-8-9-15(3)20(16)24-21(25)17(13-22)14-23-18-11-6-7-12-19(18)26-5-2/h6-12,14,23H,4-5H2,1-3H3,(H,24,25)/b17-14-. The Morgan fingerprint density at radius 1 is 1.19 bits per heavy atom. The summed E-state index contributed by atoms with van der Waals surface area (Å²) in [5.74, 6) is 0.217. The summed E-state index contributed by atoms with van der Waals surface area (Å²) in [6.45, 7) is 6.38. The molecule has 0 radical (unpaired) electrons. The lowest BCUT2D eigenvalue weighted by atomic mass is 10.1. The van der Waals surface area contributed by atoms with Crippen LogP contribution in [0.25, 0.3) is 0 Å². The van der Waals surface area contributed by atoms with E-state index in [1.54, 1.807) is 0 Å². The van der Waals surface area contributed by atoms with E-state index in [-0.39, 0.29) is 5.57 Å². The van der Waals surface area contributed by atoms with Crippen molar-refractivity contribution in [3.8, 4) is 11.8 Å². The van der Waals surface area contributed by atoms with E-state index < -0.39 is 5.91 Å². The van der Waals surface area contributed by atoms with Gasteiger partial charge in [-0.25, -0.2) is 0 Å². The van der Waals surface area contributed by atoms with Crippen LogP contribution < -0.4 is 15.4 Å². The van der Waals surface area contributed by atoms with Crippen LogP contribution >= 0.6 is 0 Å². The first-order valence-electron chi connectivity index (χ1n) is 8.59. The van der Waals surface area contributed by atoms with Gasteiger partial charge in [-0.15, -0.1) is 0 Å². The Kier molecular flexibility index (Phi) is 6.81. The summed E-state index contributed by atoms with van der Waals surface area (Å²) in [7, 11) is 0. The lowest BCUT2D eigenvalue weighted by Crippen LogP contribution is -2.16. The molecule has 0 aliphatic heterocycles. The Morgan fingerprint density at radius 2 is 1.96 bits per heavy atom. The van der Waals surface area contributed by atoms with E-state index >= 15 is 0 Å². The van der Waals surface area contributed by atoms with Gasteiger partial charge in [-0.1, -0.05) is 37.3 Å². The first kappa shape index (κ1) is 19.1. The van der Waals surface area contributed by atoms with Gasteiger partial charge in [0.1, 0.15) is 17.4 Å². The molecule has 0 saturated heterocycles. The Bertz CT molecular complexity index is 851. The van der Waals surface area contributed by atoms with Crippen molar-refractivity contribution in [3.63, 3.8) is 0 Å². The van der Waals surface area contributed by atoms with E-state index in [1.807, 2.05) is 69.3 Å². The number of ether oxygens (including phenoxy) is 1. The molecule has 26 heavy (non-hydrogen) atoms. The van der Waals surface area contributed by atoms with Gasteiger partial charge in [-0.05, 0) is 43.5 Å². The highest BCUT2D eigenvalue weighted by Gasteiger charge is 2.13. The van der Waals surface area contributed by atoms with E-state index in [2.05, 4.69) is 10.6 Å². The molecule has 0 atom stereocenters. The first-order valence-corrected chi connectivity index (χ1v) is 8.59. The number of benzene rings is 2. The van der Waals surface area contributed by atoms with Crippen LogP contribution in [0.5, 0.6) is 5.75 Å². The van der Waals surface area contributed by atoms with Crippen LogP contribution in [0.3, 0.4) is 0 Å². The smallest absolute Gasteiger partial charge is 0.267 e. The molecule has 0 aliphatic rings. The normalized spacial score (nSPS) is 10.8. The molecule has 1 amide bonds. The molecule has 2 rings (SSSR count). The van der Waals surface area contributed by atoms with Gasteiger partial charge in [0.2, 0.25) is 0 Å². The summed E-state index contributed by atoms with van der Waals surface area (Å²) >= 11 is 0. The van der Waals surface area contributed by atoms with E-state index in [4.69, 9.17) is 4.74 Å². The maximum atomic E-state index is 12.5. The van der Waals surface area contributed by atoms with Crippen molar-refractivity contribution < 1.29 is 9.53 Å². The highest BCUT2D eigenvalue weighted by molar-refractivity contribution is 6.07. The number of nitriles is 1. The third kappa shape index (κ3) is 4.64. The molecule has 0 aliphatic carbocycles. The summed E-state index contributed by atoms with van der Waals surface area (Å²) in [4.78, 5) is 12.5. The molecule has 2 N–H and O–H groups in total. The van der Waals surface area contributed by atoms with E-state index in [1.165, 1.54) is 6.20 Å². The fraction of sp³-hybridized carbons (Fsp3) is 0.238. The zero-order chi connectivity index (χ0) is 18.9. The van der Waals surface area contributed by atoms with Crippen molar-refractivity contribution >= 4 is 17.3 Å². The van der Waals surface area contributed by atoms with Gasteiger partial charge in [0.15, 0.2) is 0 Å². The number of anilines is 2. The third-order valence-electron chi connectivity index (χ3n) is 3.90. The molecule has 0 unspecified atom stereocenters. The van der Waals surface area contributed by atoms with Gasteiger partial charge < -0.3 is 15.4 Å². The Labute approximate surface area is 154 Å². The number of nitrogens with zero attached hydrogens (tertiary/aromatic N) is 1. The van der Waals surface area contributed by atoms with Gasteiger partial charge in [0.25, 0.3) is 5.91 Å². The fourth-order valence-electron chi connectivity index (χ4n) is 2.55.